The van der Waals surface area contributed by atoms with Crippen LogP contribution in [0.5, 0.6) is 11.5 Å². The van der Waals surface area contributed by atoms with E-state index >= 15 is 0 Å². The maximum atomic E-state index is 13.9. The third-order valence-corrected chi connectivity index (χ3v) is 6.60. The van der Waals surface area contributed by atoms with Crippen molar-refractivity contribution in [3.05, 3.63) is 99.5 Å². The zero-order valence-corrected chi connectivity index (χ0v) is 22.3. The largest absolute Gasteiger partial charge is 0.503 e. The number of furan rings is 1. The molecule has 0 spiro atoms. The molecule has 2 heterocycles. The first-order valence-corrected chi connectivity index (χ1v) is 12.4. The fourth-order valence-corrected chi connectivity index (χ4v) is 5.09. The van der Waals surface area contributed by atoms with Crippen LogP contribution in [0.4, 0.5) is 5.69 Å². The summed E-state index contributed by atoms with van der Waals surface area (Å²) in [6, 6.07) is 15.7. The molecular weight excluding hydrogens is 522 g/mol. The van der Waals surface area contributed by atoms with Gasteiger partial charge in [-0.1, -0.05) is 29.8 Å². The van der Waals surface area contributed by atoms with Crippen molar-refractivity contribution in [3.8, 4) is 11.5 Å². The topological polar surface area (TPSA) is 106 Å². The first kappa shape index (κ1) is 26.1. The number of ketones is 1. The Bertz CT molecular complexity index is 1660. The molecule has 0 saturated carbocycles. The number of nitrogens with zero attached hydrogens (tertiary/aromatic N) is 1. The highest BCUT2D eigenvalue weighted by Gasteiger charge is 2.45. The number of hydrogen-bond donors (Lipinski definition) is 1. The molecule has 1 N–H and O–H groups in total. The lowest BCUT2D eigenvalue weighted by atomic mass is 9.94. The monoisotopic (exact) mass is 545 g/mol. The minimum Gasteiger partial charge on any atom is -0.503 e. The smallest absolute Gasteiger partial charge is 0.308 e. The average Bonchev–Trinajstić information content (AvgIpc) is 3.41. The first-order chi connectivity index (χ1) is 18.6. The van der Waals surface area contributed by atoms with Gasteiger partial charge in [0.05, 0.1) is 18.7 Å². The van der Waals surface area contributed by atoms with Crippen LogP contribution in [0.15, 0.2) is 76.4 Å². The molecule has 0 aliphatic carbocycles. The third-order valence-electron chi connectivity index (χ3n) is 6.39. The van der Waals surface area contributed by atoms with Crippen molar-refractivity contribution in [1.29, 1.82) is 0 Å². The molecule has 1 aromatic heterocycles. The number of aliphatic hydroxyl groups excluding tert-OH is 1. The average molecular weight is 546 g/mol. The number of aliphatic hydroxyl groups is 1. The van der Waals surface area contributed by atoms with Crippen molar-refractivity contribution in [2.24, 2.45) is 0 Å². The van der Waals surface area contributed by atoms with Crippen molar-refractivity contribution >= 4 is 45.9 Å². The van der Waals surface area contributed by atoms with Gasteiger partial charge in [0, 0.05) is 29.1 Å². The number of amides is 1. The molecule has 8 nitrogen and oxygen atoms in total. The van der Waals surface area contributed by atoms with Gasteiger partial charge in [0.25, 0.3) is 5.91 Å². The van der Waals surface area contributed by atoms with Crippen molar-refractivity contribution in [2.45, 2.75) is 26.8 Å². The standard InChI is InChI=1S/C30H24ClNO7/c1-15-9-16(2)11-21(10-15)32-26(18-5-7-22(8-6-18)38-17(3)33)25(28(35)30(32)36)27(34)23-13-19-12-20(31)14-24(37-4)29(19)39-23/h5-14,26,35H,1-4H3. The second kappa shape index (κ2) is 9.96. The van der Waals surface area contributed by atoms with Crippen LogP contribution in [0.3, 0.4) is 0 Å². The Hall–Kier alpha value is -4.56. The van der Waals surface area contributed by atoms with Crippen LogP contribution >= 0.6 is 11.6 Å². The van der Waals surface area contributed by atoms with E-state index in [1.165, 1.54) is 25.0 Å². The summed E-state index contributed by atoms with van der Waals surface area (Å²) >= 11 is 6.18. The summed E-state index contributed by atoms with van der Waals surface area (Å²) < 4.78 is 16.3. The number of ether oxygens (including phenoxy) is 2. The van der Waals surface area contributed by atoms with Crippen molar-refractivity contribution in [3.63, 3.8) is 0 Å². The number of hydrogen-bond acceptors (Lipinski definition) is 7. The van der Waals surface area contributed by atoms with Crippen LogP contribution in [-0.2, 0) is 9.59 Å². The molecule has 4 aromatic rings. The predicted octanol–water partition coefficient (Wildman–Crippen LogP) is 6.42. The van der Waals surface area contributed by atoms with Crippen LogP contribution in [0.2, 0.25) is 5.02 Å². The Labute approximate surface area is 229 Å². The molecule has 198 valence electrons. The van der Waals surface area contributed by atoms with E-state index in [1.54, 1.807) is 48.5 Å². The molecule has 39 heavy (non-hydrogen) atoms. The number of carbonyl (C=O) groups is 3. The van der Waals surface area contributed by atoms with Crippen LogP contribution < -0.4 is 14.4 Å². The molecule has 1 unspecified atom stereocenters. The molecule has 1 atom stereocenters. The molecule has 1 aliphatic heterocycles. The van der Waals surface area contributed by atoms with Gasteiger partial charge in [-0.15, -0.1) is 0 Å². The van der Waals surface area contributed by atoms with Crippen LogP contribution in [0, 0.1) is 13.8 Å². The van der Waals surface area contributed by atoms with Crippen LogP contribution in [-0.4, -0.2) is 29.9 Å². The molecule has 1 aliphatic rings. The normalized spacial score (nSPS) is 15.3. The quantitative estimate of drug-likeness (QED) is 0.169. The number of rotatable bonds is 6. The Morgan fingerprint density at radius 1 is 1.00 bits per heavy atom. The number of aryl methyl sites for hydroxylation is 2. The highest BCUT2D eigenvalue weighted by Crippen LogP contribution is 2.43. The minimum absolute atomic E-state index is 0.0938. The summed E-state index contributed by atoms with van der Waals surface area (Å²) in [4.78, 5) is 40.2. The maximum absolute atomic E-state index is 13.9. The minimum atomic E-state index is -0.990. The lowest BCUT2D eigenvalue weighted by Crippen LogP contribution is -2.31. The number of Topliss-reactive ketones (excluding diaryl/α,β-unsaturated/α-hetero) is 1. The summed E-state index contributed by atoms with van der Waals surface area (Å²) in [5, 5.41) is 12.0. The van der Waals surface area contributed by atoms with E-state index in [0.717, 1.165) is 11.1 Å². The molecule has 0 saturated heterocycles. The summed E-state index contributed by atoms with van der Waals surface area (Å²) in [5.41, 5.74) is 3.00. The van der Waals surface area contributed by atoms with Crippen LogP contribution in [0.25, 0.3) is 11.0 Å². The van der Waals surface area contributed by atoms with Crippen molar-refractivity contribution in [1.82, 2.24) is 0 Å². The van der Waals surface area contributed by atoms with Gasteiger partial charge in [-0.05, 0) is 66.9 Å². The highest BCUT2D eigenvalue weighted by molar-refractivity contribution is 6.31. The van der Waals surface area contributed by atoms with Gasteiger partial charge in [0.1, 0.15) is 5.75 Å². The molecule has 0 fully saturated rings. The number of halogens is 1. The number of benzene rings is 3. The van der Waals surface area contributed by atoms with Gasteiger partial charge in [0.15, 0.2) is 22.9 Å². The van der Waals surface area contributed by atoms with Gasteiger partial charge < -0.3 is 19.0 Å². The van der Waals surface area contributed by atoms with E-state index in [0.29, 0.717) is 38.7 Å². The van der Waals surface area contributed by atoms with Gasteiger partial charge in [-0.3, -0.25) is 19.3 Å². The zero-order valence-electron chi connectivity index (χ0n) is 21.6. The highest BCUT2D eigenvalue weighted by atomic mass is 35.5. The van der Waals surface area contributed by atoms with Gasteiger partial charge in [0.2, 0.25) is 5.78 Å². The molecule has 9 heteroatoms. The summed E-state index contributed by atoms with van der Waals surface area (Å²) in [6.45, 7) is 5.08. The van der Waals surface area contributed by atoms with Gasteiger partial charge in [-0.25, -0.2) is 0 Å². The van der Waals surface area contributed by atoms with E-state index in [4.69, 9.17) is 25.5 Å². The van der Waals surface area contributed by atoms with E-state index in [-0.39, 0.29) is 11.3 Å². The van der Waals surface area contributed by atoms with E-state index in [2.05, 4.69) is 0 Å². The Morgan fingerprint density at radius 3 is 2.28 bits per heavy atom. The fraction of sp³-hybridized carbons (Fsp3) is 0.167. The van der Waals surface area contributed by atoms with E-state index in [1.807, 2.05) is 19.9 Å². The number of carbonyl (C=O) groups excluding carboxylic acids is 3. The molecule has 0 radical (unpaired) electrons. The lowest BCUT2D eigenvalue weighted by molar-refractivity contribution is -0.131. The second-order valence-corrected chi connectivity index (χ2v) is 9.75. The molecular formula is C30H24ClNO7. The Morgan fingerprint density at radius 2 is 1.67 bits per heavy atom. The Balaban J connectivity index is 1.66. The number of esters is 1. The summed E-state index contributed by atoms with van der Waals surface area (Å²) in [6.07, 6.45) is 0. The van der Waals surface area contributed by atoms with Gasteiger partial charge >= 0.3 is 5.97 Å². The Kier molecular flexibility index (Phi) is 6.66. The zero-order chi connectivity index (χ0) is 28.0. The van der Waals surface area contributed by atoms with E-state index < -0.39 is 29.5 Å². The molecule has 0 bridgehead atoms. The first-order valence-electron chi connectivity index (χ1n) is 12.0. The summed E-state index contributed by atoms with van der Waals surface area (Å²) in [7, 11) is 1.45. The number of methoxy groups -OCH3 is 1. The predicted molar refractivity (Wildman–Crippen MR) is 146 cm³/mol. The molecule has 5 rings (SSSR count). The SMILES string of the molecule is COc1cc(Cl)cc2cc(C(=O)C3=C(O)C(=O)N(c4cc(C)cc(C)c4)C3c3ccc(OC(C)=O)cc3)oc12. The van der Waals surface area contributed by atoms with Crippen molar-refractivity contribution < 1.29 is 33.4 Å². The van der Waals surface area contributed by atoms with Crippen molar-refractivity contribution in [2.75, 3.05) is 12.0 Å². The number of fused-ring (bicyclic) bond motifs is 1. The lowest BCUT2D eigenvalue weighted by Gasteiger charge is -2.27. The number of anilines is 1. The molecule has 3 aromatic carbocycles. The maximum Gasteiger partial charge on any atom is 0.308 e. The fourth-order valence-electron chi connectivity index (χ4n) is 4.87. The van der Waals surface area contributed by atoms with Crippen LogP contribution in [0.1, 0.15) is 40.2 Å². The van der Waals surface area contributed by atoms with Gasteiger partial charge in [-0.2, -0.15) is 0 Å². The third kappa shape index (κ3) is 4.75. The summed E-state index contributed by atoms with van der Waals surface area (Å²) in [5.74, 6) is -2.01. The second-order valence-electron chi connectivity index (χ2n) is 9.31. The van der Waals surface area contributed by atoms with E-state index in [9.17, 15) is 19.5 Å². The molecule has 1 amide bonds.